The molecule has 0 radical (unpaired) electrons. The summed E-state index contributed by atoms with van der Waals surface area (Å²) in [7, 11) is -3.72. The van der Waals surface area contributed by atoms with Crippen molar-refractivity contribution in [2.45, 2.75) is 18.7 Å². The number of benzene rings is 2. The second-order valence-corrected chi connectivity index (χ2v) is 6.45. The van der Waals surface area contributed by atoms with E-state index in [2.05, 4.69) is 0 Å². The Morgan fingerprint density at radius 3 is 2.35 bits per heavy atom. The zero-order valence-corrected chi connectivity index (χ0v) is 12.6. The highest BCUT2D eigenvalue weighted by Crippen LogP contribution is 2.31. The van der Waals surface area contributed by atoms with Crippen molar-refractivity contribution in [3.05, 3.63) is 52.5 Å². The van der Waals surface area contributed by atoms with Gasteiger partial charge >= 0.3 is 0 Å². The Balaban J connectivity index is 2.34. The molecular formula is C14H14ClNO3S. The maximum absolute atomic E-state index is 11.3. The fourth-order valence-corrected chi connectivity index (χ4v) is 2.86. The van der Waals surface area contributed by atoms with E-state index in [0.29, 0.717) is 22.1 Å². The number of aryl methyl sites for hydroxylation is 2. The lowest BCUT2D eigenvalue weighted by molar-refractivity contribution is 0.481. The van der Waals surface area contributed by atoms with Crippen molar-refractivity contribution in [3.8, 4) is 11.5 Å². The Bertz CT molecular complexity index is 757. The zero-order chi connectivity index (χ0) is 14.9. The van der Waals surface area contributed by atoms with Crippen molar-refractivity contribution in [1.29, 1.82) is 0 Å². The maximum Gasteiger partial charge on any atom is 0.238 e. The standard InChI is InChI=1S/C14H14ClNO3S/c1-9-3-5-13(12(15)7-9)19-11-4-6-14(10(2)8-11)20(16,17)18/h3-8H,1-2H3,(H2,16,17,18). The van der Waals surface area contributed by atoms with E-state index in [4.69, 9.17) is 21.5 Å². The summed E-state index contributed by atoms with van der Waals surface area (Å²) in [6, 6.07) is 10.0. The van der Waals surface area contributed by atoms with Crippen molar-refractivity contribution in [3.63, 3.8) is 0 Å². The van der Waals surface area contributed by atoms with Crippen molar-refractivity contribution in [2.75, 3.05) is 0 Å². The molecule has 0 aliphatic heterocycles. The number of primary sulfonamides is 1. The van der Waals surface area contributed by atoms with E-state index >= 15 is 0 Å². The van der Waals surface area contributed by atoms with Crippen molar-refractivity contribution < 1.29 is 13.2 Å². The van der Waals surface area contributed by atoms with Crippen LogP contribution in [0.3, 0.4) is 0 Å². The van der Waals surface area contributed by atoms with Crippen molar-refractivity contribution in [2.24, 2.45) is 5.14 Å². The maximum atomic E-state index is 11.3. The SMILES string of the molecule is Cc1ccc(Oc2ccc(S(N)(=O)=O)c(C)c2)c(Cl)c1. The van der Waals surface area contributed by atoms with Gasteiger partial charge in [-0.15, -0.1) is 0 Å². The summed E-state index contributed by atoms with van der Waals surface area (Å²) in [6.07, 6.45) is 0. The molecule has 0 aromatic heterocycles. The molecule has 0 fully saturated rings. The third kappa shape index (κ3) is 3.30. The number of rotatable bonds is 3. The molecule has 0 spiro atoms. The Kier molecular flexibility index (Phi) is 4.04. The molecule has 4 nitrogen and oxygen atoms in total. The molecule has 0 heterocycles. The van der Waals surface area contributed by atoms with Gasteiger partial charge in [-0.05, 0) is 55.3 Å². The first-order valence-corrected chi connectivity index (χ1v) is 7.77. The summed E-state index contributed by atoms with van der Waals surface area (Å²) in [4.78, 5) is 0.0832. The summed E-state index contributed by atoms with van der Waals surface area (Å²) in [5.41, 5.74) is 1.55. The monoisotopic (exact) mass is 311 g/mol. The van der Waals surface area contributed by atoms with Gasteiger partial charge in [0.05, 0.1) is 9.92 Å². The molecule has 0 aliphatic carbocycles. The Morgan fingerprint density at radius 1 is 1.10 bits per heavy atom. The first kappa shape index (κ1) is 14.8. The van der Waals surface area contributed by atoms with E-state index in [9.17, 15) is 8.42 Å². The second kappa shape index (κ2) is 5.44. The molecule has 2 aromatic carbocycles. The van der Waals surface area contributed by atoms with Crippen LogP contribution in [0.15, 0.2) is 41.3 Å². The lowest BCUT2D eigenvalue weighted by Gasteiger charge is -2.10. The highest BCUT2D eigenvalue weighted by Gasteiger charge is 2.12. The highest BCUT2D eigenvalue weighted by atomic mass is 35.5. The van der Waals surface area contributed by atoms with Crippen LogP contribution in [-0.2, 0) is 10.0 Å². The quantitative estimate of drug-likeness (QED) is 0.944. The second-order valence-electron chi connectivity index (χ2n) is 4.51. The number of hydrogen-bond acceptors (Lipinski definition) is 3. The van der Waals surface area contributed by atoms with Crippen LogP contribution in [0.25, 0.3) is 0 Å². The fourth-order valence-electron chi connectivity index (χ4n) is 1.82. The van der Waals surface area contributed by atoms with Crippen LogP contribution in [-0.4, -0.2) is 8.42 Å². The van der Waals surface area contributed by atoms with E-state index in [1.54, 1.807) is 31.2 Å². The summed E-state index contributed by atoms with van der Waals surface area (Å²) < 4.78 is 28.3. The topological polar surface area (TPSA) is 69.4 Å². The number of halogens is 1. The lowest BCUT2D eigenvalue weighted by Crippen LogP contribution is -2.13. The van der Waals surface area contributed by atoms with Gasteiger partial charge in [-0.25, -0.2) is 13.6 Å². The average molecular weight is 312 g/mol. The molecule has 20 heavy (non-hydrogen) atoms. The third-order valence-electron chi connectivity index (χ3n) is 2.77. The number of nitrogens with two attached hydrogens (primary N) is 1. The minimum Gasteiger partial charge on any atom is -0.456 e. The molecule has 106 valence electrons. The number of hydrogen-bond donors (Lipinski definition) is 1. The first-order chi connectivity index (χ1) is 9.27. The van der Waals surface area contributed by atoms with Gasteiger partial charge in [0, 0.05) is 0 Å². The van der Waals surface area contributed by atoms with Crippen LogP contribution < -0.4 is 9.88 Å². The minimum absolute atomic E-state index is 0.0832. The van der Waals surface area contributed by atoms with Gasteiger partial charge in [0.2, 0.25) is 10.0 Å². The Hall–Kier alpha value is -1.56. The Labute approximate surface area is 123 Å². The van der Waals surface area contributed by atoms with Gasteiger partial charge in [-0.3, -0.25) is 0 Å². The van der Waals surface area contributed by atoms with Crippen LogP contribution >= 0.6 is 11.6 Å². The molecule has 2 aromatic rings. The van der Waals surface area contributed by atoms with Gasteiger partial charge in [0.15, 0.2) is 0 Å². The highest BCUT2D eigenvalue weighted by molar-refractivity contribution is 7.89. The summed E-state index contributed by atoms with van der Waals surface area (Å²) >= 11 is 6.08. The fraction of sp³-hybridized carbons (Fsp3) is 0.143. The largest absolute Gasteiger partial charge is 0.456 e. The van der Waals surface area contributed by atoms with Gasteiger partial charge in [0.25, 0.3) is 0 Å². The molecule has 6 heteroatoms. The molecule has 0 unspecified atom stereocenters. The van der Waals surface area contributed by atoms with E-state index in [-0.39, 0.29) is 4.90 Å². The molecular weight excluding hydrogens is 298 g/mol. The summed E-state index contributed by atoms with van der Waals surface area (Å²) in [5.74, 6) is 1.01. The molecule has 0 amide bonds. The van der Waals surface area contributed by atoms with Crippen LogP contribution in [0.5, 0.6) is 11.5 Å². The molecule has 0 atom stereocenters. The molecule has 2 rings (SSSR count). The van der Waals surface area contributed by atoms with E-state index in [1.165, 1.54) is 6.07 Å². The normalized spacial score (nSPS) is 11.4. The van der Waals surface area contributed by atoms with E-state index in [0.717, 1.165) is 5.56 Å². The van der Waals surface area contributed by atoms with E-state index < -0.39 is 10.0 Å². The Morgan fingerprint density at radius 2 is 1.80 bits per heavy atom. The van der Waals surface area contributed by atoms with Gasteiger partial charge in [-0.1, -0.05) is 17.7 Å². The molecule has 0 saturated carbocycles. The molecule has 0 saturated heterocycles. The van der Waals surface area contributed by atoms with E-state index in [1.807, 2.05) is 13.0 Å². The predicted octanol–water partition coefficient (Wildman–Crippen LogP) is 3.40. The van der Waals surface area contributed by atoms with Gasteiger partial charge < -0.3 is 4.74 Å². The van der Waals surface area contributed by atoms with Gasteiger partial charge in [-0.2, -0.15) is 0 Å². The average Bonchev–Trinajstić information content (AvgIpc) is 2.31. The van der Waals surface area contributed by atoms with Crippen LogP contribution in [0.1, 0.15) is 11.1 Å². The molecule has 2 N–H and O–H groups in total. The van der Waals surface area contributed by atoms with Crippen molar-refractivity contribution >= 4 is 21.6 Å². The smallest absolute Gasteiger partial charge is 0.238 e. The lowest BCUT2D eigenvalue weighted by atomic mass is 10.2. The zero-order valence-electron chi connectivity index (χ0n) is 11.1. The summed E-state index contributed by atoms with van der Waals surface area (Å²) in [5, 5.41) is 5.61. The van der Waals surface area contributed by atoms with Gasteiger partial charge in [0.1, 0.15) is 11.5 Å². The first-order valence-electron chi connectivity index (χ1n) is 5.85. The third-order valence-corrected chi connectivity index (χ3v) is 4.13. The molecule has 0 bridgehead atoms. The minimum atomic E-state index is -3.72. The summed E-state index contributed by atoms with van der Waals surface area (Å²) in [6.45, 7) is 3.59. The predicted molar refractivity (Wildman–Crippen MR) is 78.8 cm³/mol. The van der Waals surface area contributed by atoms with Crippen LogP contribution in [0.4, 0.5) is 0 Å². The number of ether oxygens (including phenoxy) is 1. The van der Waals surface area contributed by atoms with Crippen molar-refractivity contribution in [1.82, 2.24) is 0 Å². The van der Waals surface area contributed by atoms with Crippen LogP contribution in [0, 0.1) is 13.8 Å². The number of sulfonamides is 1. The molecule has 0 aliphatic rings. The van der Waals surface area contributed by atoms with Crippen LogP contribution in [0.2, 0.25) is 5.02 Å².